The Bertz CT molecular complexity index is 761. The van der Waals surface area contributed by atoms with E-state index >= 15 is 0 Å². The summed E-state index contributed by atoms with van der Waals surface area (Å²) in [6, 6.07) is 5.69. The number of aromatic amines is 1. The third kappa shape index (κ3) is 2.81. The highest BCUT2D eigenvalue weighted by Gasteiger charge is 2.23. The van der Waals surface area contributed by atoms with Crippen LogP contribution in [0.15, 0.2) is 42.0 Å². The quantitative estimate of drug-likeness (QED) is 0.754. The molecule has 0 aliphatic carbocycles. The molecule has 2 nitrogen and oxygen atoms in total. The zero-order valence-electron chi connectivity index (χ0n) is 12.2. The normalized spacial score (nSPS) is 19.5. The van der Waals surface area contributed by atoms with Crippen molar-refractivity contribution in [2.75, 3.05) is 6.54 Å². The fourth-order valence-corrected chi connectivity index (χ4v) is 3.11. The van der Waals surface area contributed by atoms with Crippen LogP contribution >= 0.6 is 11.6 Å². The average molecular weight is 323 g/mol. The van der Waals surface area contributed by atoms with E-state index in [0.717, 1.165) is 35.6 Å². The number of benzene rings is 1. The molecule has 1 aromatic carbocycles. The van der Waals surface area contributed by atoms with Gasteiger partial charge in [-0.2, -0.15) is 0 Å². The summed E-state index contributed by atoms with van der Waals surface area (Å²) < 4.78 is 26.7. The van der Waals surface area contributed by atoms with Crippen LogP contribution in [-0.4, -0.2) is 11.5 Å². The molecule has 0 saturated carbocycles. The Morgan fingerprint density at radius 2 is 2.18 bits per heavy atom. The molecule has 1 unspecified atom stereocenters. The number of aromatic nitrogens is 1. The van der Waals surface area contributed by atoms with Gasteiger partial charge in [0.2, 0.25) is 0 Å². The van der Waals surface area contributed by atoms with Gasteiger partial charge in [-0.15, -0.1) is 0 Å². The van der Waals surface area contributed by atoms with Gasteiger partial charge in [-0.25, -0.2) is 8.78 Å². The Labute approximate surface area is 132 Å². The van der Waals surface area contributed by atoms with E-state index in [2.05, 4.69) is 10.3 Å². The van der Waals surface area contributed by atoms with Gasteiger partial charge in [0.1, 0.15) is 0 Å². The third-order valence-corrected chi connectivity index (χ3v) is 4.26. The summed E-state index contributed by atoms with van der Waals surface area (Å²) in [5.41, 5.74) is 3.27. The summed E-state index contributed by atoms with van der Waals surface area (Å²) in [6.45, 7) is 2.28. The fraction of sp³-hybridized carbons (Fsp3) is 0.294. The fourth-order valence-electron chi connectivity index (χ4n) is 2.94. The van der Waals surface area contributed by atoms with E-state index in [4.69, 9.17) is 11.6 Å². The first-order chi connectivity index (χ1) is 10.6. The molecule has 2 aromatic rings. The van der Waals surface area contributed by atoms with Crippen molar-refractivity contribution in [3.63, 3.8) is 0 Å². The van der Waals surface area contributed by atoms with Crippen molar-refractivity contribution < 1.29 is 8.78 Å². The Hall–Kier alpha value is -1.65. The summed E-state index contributed by atoms with van der Waals surface area (Å²) >= 11 is 6.07. The highest BCUT2D eigenvalue weighted by atomic mass is 35.5. The molecule has 2 heterocycles. The number of halogens is 3. The van der Waals surface area contributed by atoms with Crippen molar-refractivity contribution in [3.8, 4) is 0 Å². The minimum Gasteiger partial charge on any atom is -0.357 e. The van der Waals surface area contributed by atoms with Crippen LogP contribution in [0, 0.1) is 0 Å². The molecule has 116 valence electrons. The summed E-state index contributed by atoms with van der Waals surface area (Å²) in [4.78, 5) is 3.38. The minimum absolute atomic E-state index is 0.0506. The van der Waals surface area contributed by atoms with Gasteiger partial charge in [0.15, 0.2) is 11.7 Å². The van der Waals surface area contributed by atoms with Gasteiger partial charge in [0.25, 0.3) is 0 Å². The van der Waals surface area contributed by atoms with E-state index in [9.17, 15) is 8.78 Å². The molecule has 0 radical (unpaired) electrons. The molecule has 1 aromatic heterocycles. The largest absolute Gasteiger partial charge is 0.357 e. The number of hydrogen-bond acceptors (Lipinski definition) is 1. The van der Waals surface area contributed by atoms with Gasteiger partial charge in [-0.3, -0.25) is 0 Å². The van der Waals surface area contributed by atoms with Gasteiger partial charge in [-0.05, 0) is 62.2 Å². The molecule has 1 aliphatic rings. The molecule has 0 fully saturated rings. The van der Waals surface area contributed by atoms with Gasteiger partial charge < -0.3 is 10.3 Å². The first-order valence-corrected chi connectivity index (χ1v) is 7.69. The molecule has 0 amide bonds. The van der Waals surface area contributed by atoms with Gasteiger partial charge in [-0.1, -0.05) is 11.6 Å². The van der Waals surface area contributed by atoms with E-state index in [1.807, 2.05) is 18.2 Å². The summed E-state index contributed by atoms with van der Waals surface area (Å²) in [5, 5.41) is 5.15. The number of hydrogen-bond donors (Lipinski definition) is 2. The second kappa shape index (κ2) is 6.23. The second-order valence-electron chi connectivity index (χ2n) is 5.39. The molecule has 0 saturated heterocycles. The molecule has 1 aliphatic heterocycles. The van der Waals surface area contributed by atoms with E-state index in [0.29, 0.717) is 11.4 Å². The van der Waals surface area contributed by atoms with Gasteiger partial charge >= 0.3 is 0 Å². The molecule has 0 spiro atoms. The van der Waals surface area contributed by atoms with Crippen LogP contribution in [0.3, 0.4) is 0 Å². The summed E-state index contributed by atoms with van der Waals surface area (Å²) in [5.74, 6) is -1.63. The van der Waals surface area contributed by atoms with E-state index in [-0.39, 0.29) is 6.04 Å². The third-order valence-electron chi connectivity index (χ3n) is 4.03. The number of nitrogens with one attached hydrogen (secondary N) is 2. The van der Waals surface area contributed by atoms with Crippen molar-refractivity contribution in [1.82, 2.24) is 10.3 Å². The zero-order valence-corrected chi connectivity index (χ0v) is 13.0. The molecule has 22 heavy (non-hydrogen) atoms. The number of allylic oxidation sites excluding steroid dienone is 3. The number of rotatable bonds is 3. The molecule has 1 atom stereocenters. The van der Waals surface area contributed by atoms with Crippen LogP contribution in [0.1, 0.15) is 30.6 Å². The number of H-pyrrole nitrogens is 1. The van der Waals surface area contributed by atoms with Crippen molar-refractivity contribution >= 4 is 22.5 Å². The first kappa shape index (κ1) is 15.3. The van der Waals surface area contributed by atoms with Crippen LogP contribution in [0.4, 0.5) is 8.78 Å². The summed E-state index contributed by atoms with van der Waals surface area (Å²) in [7, 11) is 0. The van der Waals surface area contributed by atoms with Crippen molar-refractivity contribution in [2.45, 2.75) is 25.8 Å². The maximum absolute atomic E-state index is 13.5. The maximum atomic E-state index is 13.5. The molecule has 0 bridgehead atoms. The van der Waals surface area contributed by atoms with Crippen molar-refractivity contribution in [2.24, 2.45) is 0 Å². The van der Waals surface area contributed by atoms with Gasteiger partial charge in [0, 0.05) is 21.6 Å². The second-order valence-corrected chi connectivity index (χ2v) is 5.82. The van der Waals surface area contributed by atoms with Crippen LogP contribution in [0.25, 0.3) is 10.9 Å². The maximum Gasteiger partial charge on any atom is 0.154 e. The van der Waals surface area contributed by atoms with Crippen LogP contribution in [0.5, 0.6) is 0 Å². The predicted molar refractivity (Wildman–Crippen MR) is 86.4 cm³/mol. The molecular formula is C17H17ClF2N2. The highest BCUT2D eigenvalue weighted by Crippen LogP contribution is 2.33. The lowest BCUT2D eigenvalue weighted by Crippen LogP contribution is -2.29. The van der Waals surface area contributed by atoms with E-state index in [1.165, 1.54) is 18.6 Å². The Morgan fingerprint density at radius 3 is 2.95 bits per heavy atom. The average Bonchev–Trinajstić information content (AvgIpc) is 2.90. The summed E-state index contributed by atoms with van der Waals surface area (Å²) in [6.07, 6.45) is 3.69. The molecule has 5 heteroatoms. The molecule has 3 rings (SSSR count). The van der Waals surface area contributed by atoms with Crippen molar-refractivity contribution in [3.05, 3.63) is 58.3 Å². The lowest BCUT2D eigenvalue weighted by atomic mass is 9.97. The van der Waals surface area contributed by atoms with Crippen LogP contribution < -0.4 is 5.32 Å². The monoisotopic (exact) mass is 322 g/mol. The predicted octanol–water partition coefficient (Wildman–Crippen LogP) is 5.12. The van der Waals surface area contributed by atoms with E-state index < -0.39 is 11.7 Å². The SMILES string of the molecule is C/C=C(F)\C(F)=C/CC1NCCc2c1[nH]c1ccc(Cl)cc21. The highest BCUT2D eigenvalue weighted by molar-refractivity contribution is 6.31. The Balaban J connectivity index is 1.93. The molecule has 2 N–H and O–H groups in total. The van der Waals surface area contributed by atoms with Crippen molar-refractivity contribution in [1.29, 1.82) is 0 Å². The van der Waals surface area contributed by atoms with E-state index in [1.54, 1.807) is 0 Å². The molecular weight excluding hydrogens is 306 g/mol. The minimum atomic E-state index is -0.820. The lowest BCUT2D eigenvalue weighted by molar-refractivity contribution is 0.489. The Kier molecular flexibility index (Phi) is 4.32. The lowest BCUT2D eigenvalue weighted by Gasteiger charge is -2.23. The van der Waals surface area contributed by atoms with Gasteiger partial charge in [0.05, 0.1) is 6.04 Å². The van der Waals surface area contributed by atoms with Crippen LogP contribution in [0.2, 0.25) is 5.02 Å². The Morgan fingerprint density at radius 1 is 1.36 bits per heavy atom. The standard InChI is InChI=1S/C17H17ClF2N2/c1-2-13(19)14(20)4-6-16-17-11(7-8-21-16)12-9-10(18)3-5-15(12)22-17/h2-5,9,16,21-22H,6-8H2,1H3/b13-2+,14-4+. The smallest absolute Gasteiger partial charge is 0.154 e. The van der Waals surface area contributed by atoms with Crippen LogP contribution in [-0.2, 0) is 6.42 Å². The zero-order chi connectivity index (χ0) is 15.7. The topological polar surface area (TPSA) is 27.8 Å². The first-order valence-electron chi connectivity index (χ1n) is 7.31. The number of fused-ring (bicyclic) bond motifs is 3.